The highest BCUT2D eigenvalue weighted by molar-refractivity contribution is 7.15. The molecule has 0 saturated carbocycles. The Hall–Kier alpha value is -0.950. The van der Waals surface area contributed by atoms with Crippen molar-refractivity contribution in [1.82, 2.24) is 9.38 Å². The Morgan fingerprint density at radius 2 is 2.22 bits per heavy atom. The molecular formula is C10H11ClF3N3S. The quantitative estimate of drug-likeness (QED) is 0.805. The lowest BCUT2D eigenvalue weighted by molar-refractivity contribution is -0.132. The van der Waals surface area contributed by atoms with Crippen LogP contribution in [0.15, 0.2) is 11.6 Å². The SMILES string of the molecule is CN(CCC(F)(F)F)c1nc2sccn2c1CCl. The molecule has 2 aromatic heterocycles. The van der Waals surface area contributed by atoms with Crippen LogP contribution in [0.3, 0.4) is 0 Å². The third-order valence-corrected chi connectivity index (χ3v) is 3.57. The van der Waals surface area contributed by atoms with Crippen LogP contribution >= 0.6 is 22.9 Å². The Labute approximate surface area is 111 Å². The molecule has 0 bridgehead atoms. The van der Waals surface area contributed by atoms with Crippen LogP contribution in [0, 0.1) is 0 Å². The van der Waals surface area contributed by atoms with E-state index in [0.29, 0.717) is 5.82 Å². The van der Waals surface area contributed by atoms with E-state index >= 15 is 0 Å². The van der Waals surface area contributed by atoms with E-state index in [1.165, 1.54) is 16.2 Å². The molecule has 0 fully saturated rings. The zero-order valence-electron chi connectivity index (χ0n) is 9.54. The summed E-state index contributed by atoms with van der Waals surface area (Å²) in [5.74, 6) is 0.727. The Kier molecular flexibility index (Phi) is 3.72. The molecular weight excluding hydrogens is 287 g/mol. The third kappa shape index (κ3) is 2.72. The molecule has 0 aromatic carbocycles. The molecule has 2 aromatic rings. The predicted molar refractivity (Wildman–Crippen MR) is 66.6 cm³/mol. The van der Waals surface area contributed by atoms with Crippen LogP contribution in [0.25, 0.3) is 4.96 Å². The Morgan fingerprint density at radius 3 is 2.83 bits per heavy atom. The highest BCUT2D eigenvalue weighted by Crippen LogP contribution is 2.27. The molecule has 0 spiro atoms. The van der Waals surface area contributed by atoms with E-state index in [0.717, 1.165) is 10.7 Å². The summed E-state index contributed by atoms with van der Waals surface area (Å²) in [7, 11) is 1.59. The Bertz CT molecular complexity index is 534. The van der Waals surface area contributed by atoms with Crippen molar-refractivity contribution < 1.29 is 13.2 Å². The van der Waals surface area contributed by atoms with Crippen LogP contribution in [-0.4, -0.2) is 29.2 Å². The van der Waals surface area contributed by atoms with Gasteiger partial charge in [-0.1, -0.05) is 0 Å². The minimum absolute atomic E-state index is 0.127. The first-order chi connectivity index (χ1) is 8.42. The zero-order valence-corrected chi connectivity index (χ0v) is 11.1. The fourth-order valence-corrected chi connectivity index (χ4v) is 2.63. The van der Waals surface area contributed by atoms with E-state index < -0.39 is 12.6 Å². The van der Waals surface area contributed by atoms with Gasteiger partial charge in [0.1, 0.15) is 0 Å². The first kappa shape index (κ1) is 13.5. The molecule has 18 heavy (non-hydrogen) atoms. The standard InChI is InChI=1S/C10H11ClF3N3S/c1-16(3-2-10(12,13)14)8-7(6-11)17-4-5-18-9(17)15-8/h4-5H,2-3,6H2,1H3. The summed E-state index contributed by atoms with van der Waals surface area (Å²) in [4.78, 5) is 6.53. The van der Waals surface area contributed by atoms with Gasteiger partial charge in [-0.2, -0.15) is 13.2 Å². The van der Waals surface area contributed by atoms with Crippen molar-refractivity contribution >= 4 is 33.7 Å². The highest BCUT2D eigenvalue weighted by Gasteiger charge is 2.28. The zero-order chi connectivity index (χ0) is 13.3. The summed E-state index contributed by atoms with van der Waals surface area (Å²) in [5, 5.41) is 1.86. The lowest BCUT2D eigenvalue weighted by Crippen LogP contribution is -2.25. The van der Waals surface area contributed by atoms with Gasteiger partial charge >= 0.3 is 6.18 Å². The van der Waals surface area contributed by atoms with Crippen molar-refractivity contribution in [3.8, 4) is 0 Å². The van der Waals surface area contributed by atoms with Crippen molar-refractivity contribution in [2.75, 3.05) is 18.5 Å². The second-order valence-electron chi connectivity index (χ2n) is 3.86. The fraction of sp³-hybridized carbons (Fsp3) is 0.500. The number of rotatable bonds is 4. The van der Waals surface area contributed by atoms with Gasteiger partial charge in [0.25, 0.3) is 0 Å². The molecule has 0 unspecified atom stereocenters. The summed E-state index contributed by atoms with van der Waals surface area (Å²) in [6.07, 6.45) is -3.21. The number of fused-ring (bicyclic) bond motifs is 1. The summed E-state index contributed by atoms with van der Waals surface area (Å²) in [6.45, 7) is -0.127. The molecule has 8 heteroatoms. The average molecular weight is 298 g/mol. The van der Waals surface area contributed by atoms with E-state index in [1.807, 2.05) is 11.6 Å². The second kappa shape index (κ2) is 4.97. The van der Waals surface area contributed by atoms with Gasteiger partial charge in [0.15, 0.2) is 10.8 Å². The van der Waals surface area contributed by atoms with E-state index in [9.17, 15) is 13.2 Å². The smallest absolute Gasteiger partial charge is 0.358 e. The number of halogens is 4. The summed E-state index contributed by atoms with van der Waals surface area (Å²) < 4.78 is 38.3. The number of anilines is 1. The summed E-state index contributed by atoms with van der Waals surface area (Å²) in [5.41, 5.74) is 0.720. The van der Waals surface area contributed by atoms with Crippen molar-refractivity contribution in [2.24, 2.45) is 0 Å². The molecule has 0 N–H and O–H groups in total. The predicted octanol–water partition coefficient (Wildman–Crippen LogP) is 3.52. The van der Waals surface area contributed by atoms with Gasteiger partial charge in [-0.3, -0.25) is 4.40 Å². The van der Waals surface area contributed by atoms with E-state index in [4.69, 9.17) is 11.6 Å². The normalized spacial score (nSPS) is 12.3. The Balaban J connectivity index is 2.21. The molecule has 0 atom stereocenters. The molecule has 0 saturated heterocycles. The summed E-state index contributed by atoms with van der Waals surface area (Å²) >= 11 is 7.26. The fourth-order valence-electron chi connectivity index (χ4n) is 1.65. The monoisotopic (exact) mass is 297 g/mol. The van der Waals surface area contributed by atoms with Crippen LogP contribution in [0.1, 0.15) is 12.1 Å². The third-order valence-electron chi connectivity index (χ3n) is 2.56. The molecule has 0 aliphatic carbocycles. The molecule has 0 amide bonds. The number of hydrogen-bond acceptors (Lipinski definition) is 3. The van der Waals surface area contributed by atoms with Gasteiger partial charge in [-0.25, -0.2) is 4.98 Å². The Morgan fingerprint density at radius 1 is 1.50 bits per heavy atom. The molecule has 100 valence electrons. The number of hydrogen-bond donors (Lipinski definition) is 0. The van der Waals surface area contributed by atoms with Crippen molar-refractivity contribution in [2.45, 2.75) is 18.5 Å². The molecule has 2 rings (SSSR count). The lowest BCUT2D eigenvalue weighted by Gasteiger charge is -2.18. The van der Waals surface area contributed by atoms with Crippen LogP contribution in [-0.2, 0) is 5.88 Å². The lowest BCUT2D eigenvalue weighted by atomic mass is 10.3. The molecule has 0 aliphatic heterocycles. The van der Waals surface area contributed by atoms with Crippen molar-refractivity contribution in [3.05, 3.63) is 17.3 Å². The van der Waals surface area contributed by atoms with E-state index in [1.54, 1.807) is 11.4 Å². The maximum atomic E-state index is 12.2. The van der Waals surface area contributed by atoms with Crippen LogP contribution < -0.4 is 4.90 Å². The van der Waals surface area contributed by atoms with Gasteiger partial charge in [0.2, 0.25) is 0 Å². The minimum atomic E-state index is -4.16. The number of thiazole rings is 1. The highest BCUT2D eigenvalue weighted by atomic mass is 35.5. The van der Waals surface area contributed by atoms with Gasteiger partial charge < -0.3 is 4.90 Å². The van der Waals surface area contributed by atoms with Crippen molar-refractivity contribution in [1.29, 1.82) is 0 Å². The number of aromatic nitrogens is 2. The van der Waals surface area contributed by atoms with Crippen LogP contribution in [0.5, 0.6) is 0 Å². The first-order valence-corrected chi connectivity index (χ1v) is 6.62. The van der Waals surface area contributed by atoms with Crippen molar-refractivity contribution in [3.63, 3.8) is 0 Å². The van der Waals surface area contributed by atoms with Crippen LogP contribution in [0.4, 0.5) is 19.0 Å². The molecule has 3 nitrogen and oxygen atoms in total. The maximum Gasteiger partial charge on any atom is 0.390 e. The van der Waals surface area contributed by atoms with Gasteiger partial charge in [0.05, 0.1) is 18.0 Å². The van der Waals surface area contributed by atoms with E-state index in [-0.39, 0.29) is 12.4 Å². The van der Waals surface area contributed by atoms with Gasteiger partial charge in [-0.15, -0.1) is 22.9 Å². The average Bonchev–Trinajstić information content (AvgIpc) is 2.83. The molecule has 0 aliphatic rings. The maximum absolute atomic E-state index is 12.2. The molecule has 2 heterocycles. The number of nitrogens with zero attached hydrogens (tertiary/aromatic N) is 3. The minimum Gasteiger partial charge on any atom is -0.358 e. The van der Waals surface area contributed by atoms with E-state index in [2.05, 4.69) is 4.98 Å². The second-order valence-corrected chi connectivity index (χ2v) is 5.00. The summed E-state index contributed by atoms with van der Waals surface area (Å²) in [6, 6.07) is 0. The van der Waals surface area contributed by atoms with Gasteiger partial charge in [0, 0.05) is 25.2 Å². The first-order valence-electron chi connectivity index (χ1n) is 5.20. The number of imidazole rings is 1. The number of alkyl halides is 4. The van der Waals surface area contributed by atoms with Crippen LogP contribution in [0.2, 0.25) is 0 Å². The topological polar surface area (TPSA) is 20.5 Å². The molecule has 0 radical (unpaired) electrons. The largest absolute Gasteiger partial charge is 0.390 e. The van der Waals surface area contributed by atoms with Gasteiger partial charge in [-0.05, 0) is 0 Å².